The fourth-order valence-electron chi connectivity index (χ4n) is 2.50. The van der Waals surface area contributed by atoms with Crippen molar-refractivity contribution >= 4 is 23.7 Å². The molecule has 0 aliphatic rings. The number of rotatable bonds is 8. The van der Waals surface area contributed by atoms with Crippen molar-refractivity contribution in [2.75, 3.05) is 0 Å². The maximum Gasteiger partial charge on any atom is 0.409 e. The summed E-state index contributed by atoms with van der Waals surface area (Å²) in [5, 5.41) is 39.8. The van der Waals surface area contributed by atoms with Gasteiger partial charge in [-0.15, -0.1) is 0 Å². The van der Waals surface area contributed by atoms with Crippen molar-refractivity contribution < 1.29 is 39.8 Å². The molecule has 2 rings (SSSR count). The number of benzene rings is 2. The summed E-state index contributed by atoms with van der Waals surface area (Å²) in [6.45, 7) is 0. The van der Waals surface area contributed by atoms with Gasteiger partial charge in [-0.25, -0.2) is 19.6 Å². The first-order valence-electron chi connectivity index (χ1n) is 8.08. The van der Waals surface area contributed by atoms with Gasteiger partial charge in [-0.2, -0.15) is 5.23 Å². The molecule has 0 aliphatic heterocycles. The van der Waals surface area contributed by atoms with Crippen LogP contribution in [-0.4, -0.2) is 39.5 Å². The topological polar surface area (TPSA) is 161 Å². The van der Waals surface area contributed by atoms with Crippen LogP contribution < -0.4 is 10.5 Å². The van der Waals surface area contributed by atoms with Crippen molar-refractivity contribution in [2.45, 2.75) is 18.6 Å². The van der Waals surface area contributed by atoms with Gasteiger partial charge in [-0.3, -0.25) is 0 Å². The number of hydrogen-bond acceptors (Lipinski definition) is 6. The van der Waals surface area contributed by atoms with E-state index in [9.17, 15) is 35.0 Å². The normalized spacial score (nSPS) is 13.8. The zero-order valence-corrected chi connectivity index (χ0v) is 14.4. The second-order valence-electron chi connectivity index (χ2n) is 5.74. The quantitative estimate of drug-likeness (QED) is 0.410. The molecule has 0 bridgehead atoms. The maximum absolute atomic E-state index is 12.1. The van der Waals surface area contributed by atoms with Gasteiger partial charge in [-0.1, -0.05) is 42.5 Å². The van der Waals surface area contributed by atoms with Crippen molar-refractivity contribution in [1.29, 1.82) is 0 Å². The van der Waals surface area contributed by atoms with E-state index in [1.165, 1.54) is 24.3 Å². The van der Waals surface area contributed by atoms with Crippen LogP contribution in [0.4, 0.5) is 10.5 Å². The van der Waals surface area contributed by atoms with Crippen molar-refractivity contribution in [2.24, 2.45) is 0 Å². The molecule has 0 fully saturated rings. The zero-order valence-electron chi connectivity index (χ0n) is 14.4. The highest BCUT2D eigenvalue weighted by atomic mass is 16.8. The van der Waals surface area contributed by atoms with Crippen LogP contribution in [0, 0.1) is 5.21 Å². The van der Waals surface area contributed by atoms with E-state index in [2.05, 4.69) is 5.32 Å². The molecule has 2 unspecified atom stereocenters. The second-order valence-corrected chi connectivity index (χ2v) is 5.74. The van der Waals surface area contributed by atoms with Crippen LogP contribution in [-0.2, 0) is 20.7 Å². The molecule has 3 atom stereocenters. The van der Waals surface area contributed by atoms with Crippen LogP contribution in [0.1, 0.15) is 17.2 Å². The molecule has 0 radical (unpaired) electrons. The number of aliphatic carboxylic acids is 2. The number of alkyl carbamates (subject to hydrolysis) is 1. The van der Waals surface area contributed by atoms with Crippen LogP contribution in [0.25, 0.3) is 0 Å². The van der Waals surface area contributed by atoms with Gasteiger partial charge in [0.25, 0.3) is 0 Å². The average molecular weight is 390 g/mol. The van der Waals surface area contributed by atoms with E-state index in [0.717, 1.165) is 0 Å². The first kappa shape index (κ1) is 20.8. The van der Waals surface area contributed by atoms with Crippen LogP contribution >= 0.6 is 0 Å². The van der Waals surface area contributed by atoms with Gasteiger partial charge in [0.15, 0.2) is 5.69 Å². The summed E-state index contributed by atoms with van der Waals surface area (Å²) in [5.74, 6) is -2.93. The van der Waals surface area contributed by atoms with E-state index in [0.29, 0.717) is 5.56 Å². The van der Waals surface area contributed by atoms with Gasteiger partial charge < -0.3 is 25.5 Å². The Kier molecular flexibility index (Phi) is 7.04. The van der Waals surface area contributed by atoms with E-state index in [1.807, 2.05) is 0 Å². The first-order valence-corrected chi connectivity index (χ1v) is 8.08. The number of quaternary nitrogens is 1. The maximum atomic E-state index is 12.1. The van der Waals surface area contributed by atoms with E-state index >= 15 is 0 Å². The molecular formula is C18H18N2O8. The lowest BCUT2D eigenvalue weighted by Gasteiger charge is -2.21. The van der Waals surface area contributed by atoms with Gasteiger partial charge in [0, 0.05) is 12.5 Å². The summed E-state index contributed by atoms with van der Waals surface area (Å²) in [6, 6.07) is 12.3. The Hall–Kier alpha value is -3.47. The number of carbonyl (C=O) groups excluding carboxylic acids is 1. The van der Waals surface area contributed by atoms with Gasteiger partial charge >= 0.3 is 18.0 Å². The third-order valence-electron chi connectivity index (χ3n) is 3.80. The van der Waals surface area contributed by atoms with Gasteiger partial charge in [0.2, 0.25) is 6.10 Å². The molecule has 10 heteroatoms. The highest BCUT2D eigenvalue weighted by Gasteiger charge is 2.31. The largest absolute Gasteiger partial charge is 0.595 e. The Labute approximate surface area is 159 Å². The fourth-order valence-corrected chi connectivity index (χ4v) is 2.50. The minimum atomic E-state index is -1.92. The Morgan fingerprint density at radius 3 is 2.18 bits per heavy atom. The van der Waals surface area contributed by atoms with E-state index in [1.54, 1.807) is 30.3 Å². The number of carboxylic acids is 2. The van der Waals surface area contributed by atoms with Crippen molar-refractivity contribution in [3.8, 4) is 0 Å². The third kappa shape index (κ3) is 5.51. The smallest absolute Gasteiger partial charge is 0.409 e. The number of para-hydroxylation sites is 1. The van der Waals surface area contributed by atoms with Crippen LogP contribution in [0.15, 0.2) is 54.6 Å². The molecule has 2 aromatic rings. The predicted molar refractivity (Wildman–Crippen MR) is 93.8 cm³/mol. The molecule has 148 valence electrons. The summed E-state index contributed by atoms with van der Waals surface area (Å²) in [5.41, 5.74) is 0.0514. The number of hydrogen-bond donors (Lipinski definition) is 5. The van der Waals surface area contributed by atoms with E-state index in [4.69, 9.17) is 4.74 Å². The Morgan fingerprint density at radius 1 is 1.00 bits per heavy atom. The van der Waals surface area contributed by atoms with Gasteiger partial charge in [-0.05, 0) is 11.6 Å². The van der Waals surface area contributed by atoms with Crippen LogP contribution in [0.3, 0.4) is 0 Å². The summed E-state index contributed by atoms with van der Waals surface area (Å²) in [7, 11) is 0. The lowest BCUT2D eigenvalue weighted by atomic mass is 10.1. The number of carbonyl (C=O) groups is 3. The Bertz CT molecular complexity index is 840. The standard InChI is InChI=1S/C18H18N2O8/c21-16(22)13(10-11-6-2-1-3-7-11)19-18(25)28-15(17(23)24)12-8-4-5-9-14(12)20(26)27/h1-9,13,15,20,26H,10H2,(H,19,25)(H,21,22)(H,23,24)/t13-,15?/m0/s1. The molecular weight excluding hydrogens is 372 g/mol. The first-order chi connectivity index (χ1) is 13.3. The predicted octanol–water partition coefficient (Wildman–Crippen LogP) is 0.638. The van der Waals surface area contributed by atoms with Gasteiger partial charge in [0.05, 0.1) is 5.56 Å². The van der Waals surface area contributed by atoms with Crippen molar-refractivity contribution in [3.63, 3.8) is 0 Å². The molecule has 2 aromatic carbocycles. The Balaban J connectivity index is 2.15. The fraction of sp³-hybridized carbons (Fsp3) is 0.167. The molecule has 0 spiro atoms. The molecule has 1 amide bonds. The summed E-state index contributed by atoms with van der Waals surface area (Å²) in [6.07, 6.45) is -3.26. The molecule has 0 saturated carbocycles. The monoisotopic (exact) mass is 390 g/mol. The van der Waals surface area contributed by atoms with Crippen LogP contribution in [0.2, 0.25) is 0 Å². The number of carboxylic acid groups (broad SMARTS) is 2. The summed E-state index contributed by atoms with van der Waals surface area (Å²) >= 11 is 0. The summed E-state index contributed by atoms with van der Waals surface area (Å²) in [4.78, 5) is 35.0. The summed E-state index contributed by atoms with van der Waals surface area (Å²) < 4.78 is 4.83. The lowest BCUT2D eigenvalue weighted by Crippen LogP contribution is -2.99. The molecule has 0 aliphatic carbocycles. The lowest BCUT2D eigenvalue weighted by molar-refractivity contribution is -0.991. The molecule has 0 saturated heterocycles. The van der Waals surface area contributed by atoms with Crippen molar-refractivity contribution in [1.82, 2.24) is 5.32 Å². The molecule has 28 heavy (non-hydrogen) atoms. The number of amides is 1. The highest BCUT2D eigenvalue weighted by Crippen LogP contribution is 2.23. The highest BCUT2D eigenvalue weighted by molar-refractivity contribution is 5.83. The second kappa shape index (κ2) is 9.46. The van der Waals surface area contributed by atoms with Crippen LogP contribution in [0.5, 0.6) is 0 Å². The SMILES string of the molecule is O=C(N[C@@H](Cc1ccccc1)C(=O)O)OC(C(=O)O)c1ccccc1[NH+]([O-])O. The average Bonchev–Trinajstić information content (AvgIpc) is 2.66. The zero-order chi connectivity index (χ0) is 20.7. The minimum absolute atomic E-state index is 0.0469. The third-order valence-corrected chi connectivity index (χ3v) is 3.80. The molecule has 5 N–H and O–H groups in total. The molecule has 0 heterocycles. The van der Waals surface area contributed by atoms with E-state index < -0.39 is 35.4 Å². The molecule has 10 nitrogen and oxygen atoms in total. The number of nitrogens with one attached hydrogen (secondary N) is 2. The Morgan fingerprint density at radius 2 is 1.61 bits per heavy atom. The van der Waals surface area contributed by atoms with Crippen molar-refractivity contribution in [3.05, 3.63) is 70.9 Å². The minimum Gasteiger partial charge on any atom is -0.595 e. The van der Waals surface area contributed by atoms with E-state index in [-0.39, 0.29) is 17.7 Å². The molecule has 0 aromatic heterocycles. The van der Waals surface area contributed by atoms with Gasteiger partial charge in [0.1, 0.15) is 6.04 Å². The number of ether oxygens (including phenoxy) is 1.